The molecular formula is C20H29ClN4O3. The minimum Gasteiger partial charge on any atom is -0.493 e. The van der Waals surface area contributed by atoms with Gasteiger partial charge >= 0.3 is 6.03 Å². The van der Waals surface area contributed by atoms with Crippen LogP contribution in [0.5, 0.6) is 11.5 Å². The Morgan fingerprint density at radius 2 is 1.79 bits per heavy atom. The first-order valence-electron chi connectivity index (χ1n) is 8.99. The number of methoxy groups -OCH3 is 1. The third-order valence-electron chi connectivity index (χ3n) is 5.04. The maximum Gasteiger partial charge on any atom is 0.319 e. The van der Waals surface area contributed by atoms with Crippen molar-refractivity contribution in [3.05, 3.63) is 23.6 Å². The number of halogens is 1. The molecule has 1 fully saturated rings. The van der Waals surface area contributed by atoms with Crippen molar-refractivity contribution in [2.45, 2.75) is 45.3 Å². The van der Waals surface area contributed by atoms with Crippen molar-refractivity contribution in [2.75, 3.05) is 28.3 Å². The first-order chi connectivity index (χ1) is 12.9. The molecule has 28 heavy (non-hydrogen) atoms. The molecule has 0 unspecified atom stereocenters. The van der Waals surface area contributed by atoms with Gasteiger partial charge in [-0.2, -0.15) is 0 Å². The van der Waals surface area contributed by atoms with E-state index in [0.717, 1.165) is 31.1 Å². The van der Waals surface area contributed by atoms with E-state index in [4.69, 9.17) is 21.1 Å². The second kappa shape index (κ2) is 9.28. The number of rotatable bonds is 4. The molecule has 1 aliphatic rings. The molecule has 2 amide bonds. The molecule has 0 spiro atoms. The fraction of sp³-hybridized carbons (Fsp3) is 0.550. The molecule has 0 saturated heterocycles. The number of benzene rings is 1. The van der Waals surface area contributed by atoms with Gasteiger partial charge in [-0.1, -0.05) is 19.0 Å². The van der Waals surface area contributed by atoms with Gasteiger partial charge in [-0.3, -0.25) is 0 Å². The molecule has 0 bridgehead atoms. The molecule has 1 aromatic heterocycles. The van der Waals surface area contributed by atoms with Gasteiger partial charge < -0.3 is 19.3 Å². The zero-order valence-electron chi connectivity index (χ0n) is 16.1. The number of aromatic nitrogens is 2. The van der Waals surface area contributed by atoms with Gasteiger partial charge in [0.05, 0.1) is 18.7 Å². The Morgan fingerprint density at radius 3 is 2.39 bits per heavy atom. The number of fused-ring (bicyclic) bond motifs is 1. The molecule has 8 heteroatoms. The first kappa shape index (κ1) is 22.0. The van der Waals surface area contributed by atoms with Gasteiger partial charge in [-0.25, -0.2) is 14.8 Å². The lowest BCUT2D eigenvalue weighted by molar-refractivity contribution is 0.0991. The number of carbonyl (C=O) groups excluding carboxylic acids is 1. The topological polar surface area (TPSA) is 67.8 Å². The van der Waals surface area contributed by atoms with E-state index in [1.807, 2.05) is 24.1 Å². The summed E-state index contributed by atoms with van der Waals surface area (Å²) in [5.41, 5.74) is 0.715. The first-order valence-corrected chi connectivity index (χ1v) is 9.37. The Labute approximate surface area is 171 Å². The fourth-order valence-corrected chi connectivity index (χ4v) is 3.68. The largest absolute Gasteiger partial charge is 0.493 e. The molecule has 0 radical (unpaired) electrons. The lowest BCUT2D eigenvalue weighted by atomic mass is 9.92. The summed E-state index contributed by atoms with van der Waals surface area (Å²) in [4.78, 5) is 23.8. The SMILES string of the molecule is C.COc1cc2ncnc(Cl)c2cc1OC1CCC(N(C)C(=O)N(C)C)CC1. The summed E-state index contributed by atoms with van der Waals surface area (Å²) in [6.45, 7) is 0. The van der Waals surface area contributed by atoms with E-state index < -0.39 is 0 Å². The van der Waals surface area contributed by atoms with Crippen LogP contribution in [-0.2, 0) is 0 Å². The third-order valence-corrected chi connectivity index (χ3v) is 5.34. The molecule has 7 nitrogen and oxygen atoms in total. The number of nitrogens with zero attached hydrogens (tertiary/aromatic N) is 4. The van der Waals surface area contributed by atoms with Gasteiger partial charge in [-0.05, 0) is 31.7 Å². The minimum atomic E-state index is 0. The highest BCUT2D eigenvalue weighted by Gasteiger charge is 2.28. The van der Waals surface area contributed by atoms with E-state index in [0.29, 0.717) is 22.2 Å². The number of ether oxygens (including phenoxy) is 2. The van der Waals surface area contributed by atoms with Crippen molar-refractivity contribution in [1.29, 1.82) is 0 Å². The standard InChI is InChI=1S/C19H25ClN4O3.CH4/c1-23(2)19(25)24(3)12-5-7-13(8-6-12)27-17-9-14-15(10-16(17)26-4)21-11-22-18(14)20;/h9-13H,5-8H2,1-4H3;1H4. The Balaban J connectivity index is 0.00000280. The van der Waals surface area contributed by atoms with Crippen LogP contribution in [-0.4, -0.2) is 66.2 Å². The maximum absolute atomic E-state index is 12.1. The summed E-state index contributed by atoms with van der Waals surface area (Å²) in [6.07, 6.45) is 5.04. The molecular weight excluding hydrogens is 380 g/mol. The predicted molar refractivity (Wildman–Crippen MR) is 111 cm³/mol. The average molecular weight is 409 g/mol. The Bertz CT molecular complexity index is 822. The highest BCUT2D eigenvalue weighted by molar-refractivity contribution is 6.34. The van der Waals surface area contributed by atoms with Gasteiger partial charge in [0.15, 0.2) is 11.5 Å². The van der Waals surface area contributed by atoms with Crippen LogP contribution in [0.15, 0.2) is 18.5 Å². The van der Waals surface area contributed by atoms with E-state index in [1.54, 1.807) is 26.1 Å². The quantitative estimate of drug-likeness (QED) is 0.708. The molecule has 1 aromatic carbocycles. The van der Waals surface area contributed by atoms with Crippen LogP contribution in [0.2, 0.25) is 5.15 Å². The number of carbonyl (C=O) groups is 1. The van der Waals surface area contributed by atoms with Crippen LogP contribution in [0.1, 0.15) is 33.1 Å². The van der Waals surface area contributed by atoms with Gasteiger partial charge in [0.2, 0.25) is 0 Å². The van der Waals surface area contributed by atoms with E-state index in [2.05, 4.69) is 9.97 Å². The van der Waals surface area contributed by atoms with Crippen LogP contribution in [0.25, 0.3) is 10.9 Å². The summed E-state index contributed by atoms with van der Waals surface area (Å²) >= 11 is 6.19. The zero-order chi connectivity index (χ0) is 19.6. The highest BCUT2D eigenvalue weighted by Crippen LogP contribution is 2.36. The minimum absolute atomic E-state index is 0. The van der Waals surface area contributed by atoms with Crippen molar-refractivity contribution < 1.29 is 14.3 Å². The monoisotopic (exact) mass is 408 g/mol. The summed E-state index contributed by atoms with van der Waals surface area (Å²) in [7, 11) is 7.01. The van der Waals surface area contributed by atoms with Gasteiger partial charge in [0, 0.05) is 38.6 Å². The molecule has 0 aliphatic heterocycles. The average Bonchev–Trinajstić information content (AvgIpc) is 2.67. The number of urea groups is 1. The number of hydrogen-bond donors (Lipinski definition) is 0. The lowest BCUT2D eigenvalue weighted by Crippen LogP contribution is -2.45. The third kappa shape index (κ3) is 4.58. The molecule has 0 N–H and O–H groups in total. The van der Waals surface area contributed by atoms with E-state index >= 15 is 0 Å². The van der Waals surface area contributed by atoms with Crippen LogP contribution < -0.4 is 9.47 Å². The predicted octanol–water partition coefficient (Wildman–Crippen LogP) is 4.23. The van der Waals surface area contributed by atoms with Crippen molar-refractivity contribution in [1.82, 2.24) is 19.8 Å². The van der Waals surface area contributed by atoms with Gasteiger partial charge in [0.1, 0.15) is 11.5 Å². The Kier molecular flexibility index (Phi) is 7.29. The molecule has 3 rings (SSSR count). The maximum atomic E-state index is 12.1. The van der Waals surface area contributed by atoms with E-state index in [-0.39, 0.29) is 25.6 Å². The summed E-state index contributed by atoms with van der Waals surface area (Å²) in [6, 6.07) is 3.92. The molecule has 2 aromatic rings. The van der Waals surface area contributed by atoms with Crippen LogP contribution in [0.3, 0.4) is 0 Å². The molecule has 0 atom stereocenters. The smallest absolute Gasteiger partial charge is 0.319 e. The summed E-state index contributed by atoms with van der Waals surface area (Å²) < 4.78 is 11.7. The molecule has 1 saturated carbocycles. The highest BCUT2D eigenvalue weighted by atomic mass is 35.5. The van der Waals surface area contributed by atoms with Crippen molar-refractivity contribution in [3.8, 4) is 11.5 Å². The summed E-state index contributed by atoms with van der Waals surface area (Å²) in [5.74, 6) is 1.27. The second-order valence-electron chi connectivity index (χ2n) is 7.02. The van der Waals surface area contributed by atoms with E-state index in [9.17, 15) is 4.79 Å². The van der Waals surface area contributed by atoms with Crippen molar-refractivity contribution in [2.24, 2.45) is 0 Å². The molecule has 154 valence electrons. The zero-order valence-corrected chi connectivity index (χ0v) is 16.9. The molecule has 1 aliphatic carbocycles. The Hall–Kier alpha value is -2.28. The number of hydrogen-bond acceptors (Lipinski definition) is 5. The summed E-state index contributed by atoms with van der Waals surface area (Å²) in [5, 5.41) is 1.12. The van der Waals surface area contributed by atoms with Crippen molar-refractivity contribution >= 4 is 28.5 Å². The van der Waals surface area contributed by atoms with Crippen LogP contribution >= 0.6 is 11.6 Å². The Morgan fingerprint density at radius 1 is 1.11 bits per heavy atom. The van der Waals surface area contributed by atoms with Gasteiger partial charge in [-0.15, -0.1) is 0 Å². The van der Waals surface area contributed by atoms with Crippen LogP contribution in [0, 0.1) is 0 Å². The van der Waals surface area contributed by atoms with Gasteiger partial charge in [0.25, 0.3) is 0 Å². The lowest BCUT2D eigenvalue weighted by Gasteiger charge is -2.36. The fourth-order valence-electron chi connectivity index (χ4n) is 3.49. The number of amides is 2. The van der Waals surface area contributed by atoms with Crippen molar-refractivity contribution in [3.63, 3.8) is 0 Å². The second-order valence-corrected chi connectivity index (χ2v) is 7.38. The van der Waals surface area contributed by atoms with Crippen LogP contribution in [0.4, 0.5) is 4.79 Å². The molecule has 1 heterocycles. The normalized spacial score (nSPS) is 18.9. The van der Waals surface area contributed by atoms with E-state index in [1.165, 1.54) is 6.33 Å².